The fraction of sp³-hybridized carbons (Fsp3) is 0.583. The summed E-state index contributed by atoms with van der Waals surface area (Å²) < 4.78 is 0. The highest BCUT2D eigenvalue weighted by Gasteiger charge is 2.34. The van der Waals surface area contributed by atoms with Crippen LogP contribution in [0.2, 0.25) is 0 Å². The quantitative estimate of drug-likeness (QED) is 0.458. The Hall–Kier alpha value is -1.07. The maximum atomic E-state index is 8.66. The van der Waals surface area contributed by atoms with Crippen LogP contribution >= 0.6 is 7.26 Å². The molecule has 0 aromatic rings. The summed E-state index contributed by atoms with van der Waals surface area (Å²) in [5.41, 5.74) is 0. The number of nitriles is 3. The number of allylic oxidation sites excluding steroid dienone is 1. The van der Waals surface area contributed by atoms with Gasteiger partial charge in [-0.05, 0) is 0 Å². The maximum absolute atomic E-state index is 8.66. The minimum atomic E-state index is -1.33. The zero-order valence-electron chi connectivity index (χ0n) is 9.90. The van der Waals surface area contributed by atoms with Crippen molar-refractivity contribution in [2.45, 2.75) is 19.3 Å². The normalized spacial score (nSPS) is 9.24. The van der Waals surface area contributed by atoms with E-state index < -0.39 is 7.26 Å². The maximum Gasteiger partial charge on any atom is 0.0772 e. The first-order chi connectivity index (χ1) is 7.74. The lowest BCUT2D eigenvalue weighted by molar-refractivity contribution is -0.00000422. The summed E-state index contributed by atoms with van der Waals surface area (Å²) in [6.45, 7) is 3.75. The van der Waals surface area contributed by atoms with Gasteiger partial charge in [0.1, 0.15) is 0 Å². The lowest BCUT2D eigenvalue weighted by atomic mass is 10.5. The molecular weight excluding hydrogens is 253 g/mol. The summed E-state index contributed by atoms with van der Waals surface area (Å²) in [7, 11) is -1.33. The predicted molar refractivity (Wildman–Crippen MR) is 67.3 cm³/mol. The van der Waals surface area contributed by atoms with Gasteiger partial charge in [0.2, 0.25) is 0 Å². The highest BCUT2D eigenvalue weighted by molar-refractivity contribution is 7.76. The Kier molecular flexibility index (Phi) is 12.3. The molecule has 0 heterocycles. The van der Waals surface area contributed by atoms with Gasteiger partial charge in [-0.2, -0.15) is 15.8 Å². The third kappa shape index (κ3) is 7.76. The molecule has 0 unspecified atom stereocenters. The van der Waals surface area contributed by atoms with Crippen molar-refractivity contribution in [2.75, 3.05) is 24.6 Å². The second-order valence-corrected chi connectivity index (χ2v) is 8.10. The van der Waals surface area contributed by atoms with Crippen LogP contribution in [0.5, 0.6) is 0 Å². The van der Waals surface area contributed by atoms with E-state index in [1.54, 1.807) is 0 Å². The topological polar surface area (TPSA) is 71.4 Å². The summed E-state index contributed by atoms with van der Waals surface area (Å²) >= 11 is 0. The third-order valence-electron chi connectivity index (χ3n) is 2.61. The molecule has 0 spiro atoms. The molecule has 92 valence electrons. The molecule has 0 amide bonds. The largest absolute Gasteiger partial charge is 1.00 e. The van der Waals surface area contributed by atoms with E-state index in [4.69, 9.17) is 15.8 Å². The van der Waals surface area contributed by atoms with E-state index >= 15 is 0 Å². The molecule has 0 atom stereocenters. The molecule has 0 aliphatic carbocycles. The standard InChI is InChI=1S/C12H17N3P.ClH/c1-2-9-16(10-3-6-13,11-4-7-14)12-5-8-15;/h2H,1,3-5,9-12H2;1H/q+1;/p-1. The fourth-order valence-electron chi connectivity index (χ4n) is 1.74. The van der Waals surface area contributed by atoms with Gasteiger partial charge in [0, 0.05) is 7.26 Å². The average molecular weight is 270 g/mol. The van der Waals surface area contributed by atoms with Gasteiger partial charge in [-0.3, -0.25) is 0 Å². The molecule has 0 rings (SSSR count). The summed E-state index contributed by atoms with van der Waals surface area (Å²) in [6.07, 6.45) is 6.92. The molecule has 0 saturated carbocycles. The van der Waals surface area contributed by atoms with E-state index in [9.17, 15) is 0 Å². The van der Waals surface area contributed by atoms with E-state index in [1.165, 1.54) is 0 Å². The molecule has 0 aromatic heterocycles. The predicted octanol–water partition coefficient (Wildman–Crippen LogP) is -0.0650. The van der Waals surface area contributed by atoms with Crippen molar-refractivity contribution in [3.63, 3.8) is 0 Å². The van der Waals surface area contributed by atoms with Crippen LogP contribution in [-0.4, -0.2) is 24.6 Å². The second kappa shape index (κ2) is 11.4. The van der Waals surface area contributed by atoms with Crippen LogP contribution in [-0.2, 0) is 0 Å². The van der Waals surface area contributed by atoms with E-state index in [2.05, 4.69) is 24.8 Å². The molecule has 0 aliphatic heterocycles. The van der Waals surface area contributed by atoms with Crippen LogP contribution in [0.1, 0.15) is 19.3 Å². The molecule has 0 N–H and O–H groups in total. The van der Waals surface area contributed by atoms with Gasteiger partial charge < -0.3 is 12.4 Å². The van der Waals surface area contributed by atoms with Crippen molar-refractivity contribution < 1.29 is 12.4 Å². The van der Waals surface area contributed by atoms with Crippen LogP contribution in [0.15, 0.2) is 12.7 Å². The first-order valence-electron chi connectivity index (χ1n) is 5.31. The Morgan fingerprint density at radius 3 is 1.47 bits per heavy atom. The van der Waals surface area contributed by atoms with E-state index in [1.807, 2.05) is 6.08 Å². The van der Waals surface area contributed by atoms with Crippen LogP contribution in [0.25, 0.3) is 0 Å². The molecule has 0 bridgehead atoms. The summed E-state index contributed by atoms with van der Waals surface area (Å²) in [5, 5.41) is 26.0. The average Bonchev–Trinajstić information content (AvgIpc) is 2.31. The SMILES string of the molecule is C=CC[P+](CCC#N)(CCC#N)CCC#N.[Cl-]. The fourth-order valence-corrected chi connectivity index (χ4v) is 5.23. The third-order valence-corrected chi connectivity index (χ3v) is 7.16. The number of hydrogen-bond acceptors (Lipinski definition) is 3. The lowest BCUT2D eigenvalue weighted by Crippen LogP contribution is -3.00. The summed E-state index contributed by atoms with van der Waals surface area (Å²) in [4.78, 5) is 0. The molecule has 0 fully saturated rings. The molecule has 0 radical (unpaired) electrons. The molecule has 0 saturated heterocycles. The summed E-state index contributed by atoms with van der Waals surface area (Å²) in [6, 6.07) is 6.49. The van der Waals surface area contributed by atoms with Crippen molar-refractivity contribution in [1.29, 1.82) is 15.8 Å². The van der Waals surface area contributed by atoms with Crippen molar-refractivity contribution in [3.05, 3.63) is 12.7 Å². The van der Waals surface area contributed by atoms with Crippen molar-refractivity contribution in [2.24, 2.45) is 0 Å². The molecular formula is C12H17ClN3P. The molecule has 17 heavy (non-hydrogen) atoms. The monoisotopic (exact) mass is 269 g/mol. The molecule has 0 aliphatic rings. The van der Waals surface area contributed by atoms with Crippen LogP contribution in [0.4, 0.5) is 0 Å². The Morgan fingerprint density at radius 1 is 0.882 bits per heavy atom. The Bertz CT molecular complexity index is 290. The van der Waals surface area contributed by atoms with E-state index in [0.29, 0.717) is 19.3 Å². The Balaban J connectivity index is 0. The lowest BCUT2D eigenvalue weighted by Gasteiger charge is -2.23. The molecule has 3 nitrogen and oxygen atoms in total. The van der Waals surface area contributed by atoms with Gasteiger partial charge in [-0.25, -0.2) is 0 Å². The van der Waals surface area contributed by atoms with Crippen molar-refractivity contribution >= 4 is 7.26 Å². The second-order valence-electron chi connectivity index (χ2n) is 3.71. The number of nitrogens with zero attached hydrogens (tertiary/aromatic N) is 3. The Labute approximate surface area is 110 Å². The van der Waals surface area contributed by atoms with Crippen molar-refractivity contribution in [1.82, 2.24) is 0 Å². The van der Waals surface area contributed by atoms with E-state index in [-0.39, 0.29) is 12.4 Å². The highest BCUT2D eigenvalue weighted by atomic mass is 35.5. The number of halogens is 1. The van der Waals surface area contributed by atoms with Gasteiger partial charge in [0.25, 0.3) is 0 Å². The van der Waals surface area contributed by atoms with E-state index in [0.717, 1.165) is 24.6 Å². The number of rotatable bonds is 8. The van der Waals surface area contributed by atoms with Gasteiger partial charge in [0.15, 0.2) is 0 Å². The van der Waals surface area contributed by atoms with Crippen molar-refractivity contribution in [3.8, 4) is 18.2 Å². The van der Waals surface area contributed by atoms with Crippen LogP contribution < -0.4 is 12.4 Å². The Morgan fingerprint density at radius 2 is 1.24 bits per heavy atom. The smallest absolute Gasteiger partial charge is 0.0772 e. The first kappa shape index (κ1) is 18.3. The zero-order chi connectivity index (χ0) is 12.3. The summed E-state index contributed by atoms with van der Waals surface area (Å²) in [5.74, 6) is 0. The molecule has 5 heteroatoms. The first-order valence-corrected chi connectivity index (χ1v) is 7.84. The minimum Gasteiger partial charge on any atom is -1.00 e. The highest BCUT2D eigenvalue weighted by Crippen LogP contribution is 2.59. The van der Waals surface area contributed by atoms with Crippen LogP contribution in [0.3, 0.4) is 0 Å². The van der Waals surface area contributed by atoms with Gasteiger partial charge in [0.05, 0.1) is 62.1 Å². The van der Waals surface area contributed by atoms with Crippen LogP contribution in [0, 0.1) is 34.0 Å². The minimum absolute atomic E-state index is 0. The van der Waals surface area contributed by atoms with Gasteiger partial charge >= 0.3 is 0 Å². The van der Waals surface area contributed by atoms with Gasteiger partial charge in [-0.15, -0.1) is 0 Å². The molecule has 0 aromatic carbocycles. The zero-order valence-corrected chi connectivity index (χ0v) is 11.6. The van der Waals surface area contributed by atoms with Gasteiger partial charge in [-0.1, -0.05) is 12.7 Å². The number of hydrogen-bond donors (Lipinski definition) is 0.